The number of likely N-dealkylation sites (N-methyl/N-ethyl adjacent to an activating group) is 1. The molecule has 60 heavy (non-hydrogen) atoms. The number of cyclic esters (lactones) is 1. The molecule has 334 valence electrons. The Morgan fingerprint density at radius 1 is 0.950 bits per heavy atom. The first-order valence-corrected chi connectivity index (χ1v) is 20.8. The van der Waals surface area contributed by atoms with Crippen molar-refractivity contribution in [1.82, 2.24) is 4.90 Å². The quantitative estimate of drug-likeness (QED) is 0.148. The summed E-state index contributed by atoms with van der Waals surface area (Å²) in [5.74, 6) is -6.35. The van der Waals surface area contributed by atoms with Crippen LogP contribution < -0.4 is 0 Å². The van der Waals surface area contributed by atoms with Crippen LogP contribution in [0.4, 0.5) is 8.78 Å². The van der Waals surface area contributed by atoms with Gasteiger partial charge in [-0.15, -0.1) is 0 Å². The Labute approximate surface area is 352 Å². The van der Waals surface area contributed by atoms with E-state index in [-0.39, 0.29) is 37.1 Å². The lowest BCUT2D eigenvalue weighted by atomic mass is 9.73. The van der Waals surface area contributed by atoms with Crippen LogP contribution in [0.15, 0.2) is 58.7 Å². The van der Waals surface area contributed by atoms with Crippen LogP contribution in [0.5, 0.6) is 0 Å². The third-order valence-corrected chi connectivity index (χ3v) is 12.2. The molecule has 4 rings (SSSR count). The number of esters is 2. The molecular weight excluding hydrogens is 781 g/mol. The number of carbonyl (C=O) groups excluding carboxylic acids is 2. The molecule has 0 spiro atoms. The molecule has 0 aromatic heterocycles. The van der Waals surface area contributed by atoms with Crippen molar-refractivity contribution in [3.63, 3.8) is 0 Å². The lowest BCUT2D eigenvalue weighted by molar-refractivity contribution is -0.299. The zero-order valence-corrected chi connectivity index (χ0v) is 36.7. The average Bonchev–Trinajstić information content (AvgIpc) is 3.18. The van der Waals surface area contributed by atoms with Gasteiger partial charge in [0.25, 0.3) is 0 Å². The van der Waals surface area contributed by atoms with E-state index in [1.54, 1.807) is 46.8 Å². The van der Waals surface area contributed by atoms with E-state index in [4.69, 9.17) is 18.9 Å². The Hall–Kier alpha value is -3.70. The van der Waals surface area contributed by atoms with Crippen molar-refractivity contribution < 1.29 is 57.7 Å². The van der Waals surface area contributed by atoms with Gasteiger partial charge in [-0.3, -0.25) is 9.59 Å². The summed E-state index contributed by atoms with van der Waals surface area (Å²) >= 11 is 0. The summed E-state index contributed by atoms with van der Waals surface area (Å²) < 4.78 is 52.4. The number of halogens is 2. The van der Waals surface area contributed by atoms with E-state index in [2.05, 4.69) is 10.2 Å². The van der Waals surface area contributed by atoms with Crippen molar-refractivity contribution in [3.05, 3.63) is 71.3 Å². The Kier molecular flexibility index (Phi) is 16.7. The highest BCUT2D eigenvalue weighted by Crippen LogP contribution is 2.39. The molecule has 2 saturated heterocycles. The molecule has 15 heteroatoms. The van der Waals surface area contributed by atoms with E-state index in [1.807, 2.05) is 25.9 Å². The van der Waals surface area contributed by atoms with Crippen LogP contribution in [0.3, 0.4) is 0 Å². The molecule has 0 aliphatic carbocycles. The maximum atomic E-state index is 14.2. The number of benzene rings is 2. The standard InChI is InChI=1S/C45H65F2N3O10/c1-12-35-45(9,56)40(53)26(4)37(49-48-29(7)31-15-19-33(47)20-16-31)24(2)23-44(8,55)41(60-43-38(52)34(50(10)11)21-25(3)57-43)27(5)39(28(6)42(54)58-35)59-36(51)22-30-13-17-32(46)18-14-30/h13-20,24-28,34-35,38-41,43,52-53,55-56H,12,21-23H2,1-11H3. The predicted molar refractivity (Wildman–Crippen MR) is 222 cm³/mol. The molecule has 0 radical (unpaired) electrons. The average molecular weight is 846 g/mol. The van der Waals surface area contributed by atoms with E-state index in [0.29, 0.717) is 23.3 Å². The first-order valence-electron chi connectivity index (χ1n) is 20.8. The van der Waals surface area contributed by atoms with E-state index >= 15 is 0 Å². The largest absolute Gasteiger partial charge is 0.461 e. The number of ether oxygens (including phenoxy) is 4. The number of hydrogen-bond acceptors (Lipinski definition) is 13. The molecule has 2 aromatic rings. The van der Waals surface area contributed by atoms with Gasteiger partial charge < -0.3 is 44.3 Å². The number of hydrogen-bond donors (Lipinski definition) is 4. The van der Waals surface area contributed by atoms with E-state index in [1.165, 1.54) is 57.2 Å². The Morgan fingerprint density at radius 3 is 2.10 bits per heavy atom. The fraction of sp³-hybridized carbons (Fsp3) is 0.644. The molecule has 2 aromatic carbocycles. The number of rotatable bonds is 9. The molecule has 2 fully saturated rings. The molecule has 14 atom stereocenters. The Bertz CT molecular complexity index is 1800. The second-order valence-corrected chi connectivity index (χ2v) is 17.5. The lowest BCUT2D eigenvalue weighted by Gasteiger charge is -2.47. The zero-order valence-electron chi connectivity index (χ0n) is 36.7. The van der Waals surface area contributed by atoms with Crippen LogP contribution in [0.1, 0.15) is 92.7 Å². The topological polar surface area (TPSA) is 180 Å². The molecule has 0 amide bonds. The van der Waals surface area contributed by atoms with E-state index in [0.717, 1.165) is 0 Å². The first-order chi connectivity index (χ1) is 28.0. The summed E-state index contributed by atoms with van der Waals surface area (Å²) in [4.78, 5) is 29.7. The number of aliphatic hydroxyl groups is 4. The summed E-state index contributed by atoms with van der Waals surface area (Å²) in [5.41, 5.74) is -2.15. The van der Waals surface area contributed by atoms with Gasteiger partial charge in [-0.05, 0) is 109 Å². The second kappa shape index (κ2) is 20.4. The van der Waals surface area contributed by atoms with Gasteiger partial charge in [0.2, 0.25) is 0 Å². The zero-order chi connectivity index (χ0) is 44.9. The predicted octanol–water partition coefficient (Wildman–Crippen LogP) is 5.23. The third kappa shape index (κ3) is 11.8. The highest BCUT2D eigenvalue weighted by molar-refractivity contribution is 5.99. The van der Waals surface area contributed by atoms with Crippen LogP contribution in [0.2, 0.25) is 0 Å². The minimum atomic E-state index is -2.04. The van der Waals surface area contributed by atoms with Gasteiger partial charge in [0.1, 0.15) is 35.5 Å². The summed E-state index contributed by atoms with van der Waals surface area (Å²) in [6.07, 6.45) is -8.03. The second-order valence-electron chi connectivity index (χ2n) is 17.5. The van der Waals surface area contributed by atoms with Gasteiger partial charge in [-0.25, -0.2) is 8.78 Å². The maximum absolute atomic E-state index is 14.2. The molecule has 0 saturated carbocycles. The van der Waals surface area contributed by atoms with Gasteiger partial charge in [-0.2, -0.15) is 10.2 Å². The van der Waals surface area contributed by atoms with Crippen molar-refractivity contribution in [2.45, 2.75) is 148 Å². The van der Waals surface area contributed by atoms with E-state index in [9.17, 15) is 38.8 Å². The van der Waals surface area contributed by atoms with Crippen molar-refractivity contribution in [2.75, 3.05) is 14.1 Å². The van der Waals surface area contributed by atoms with Crippen molar-refractivity contribution in [2.24, 2.45) is 33.9 Å². The van der Waals surface area contributed by atoms with Gasteiger partial charge in [0, 0.05) is 23.6 Å². The maximum Gasteiger partial charge on any atom is 0.312 e. The van der Waals surface area contributed by atoms with Crippen molar-refractivity contribution >= 4 is 23.4 Å². The summed E-state index contributed by atoms with van der Waals surface area (Å²) in [6, 6.07) is 10.6. The molecule has 2 aliphatic heterocycles. The van der Waals surface area contributed by atoms with Gasteiger partial charge in [-0.1, -0.05) is 52.0 Å². The van der Waals surface area contributed by atoms with Crippen molar-refractivity contribution in [3.8, 4) is 0 Å². The van der Waals surface area contributed by atoms with Crippen LogP contribution in [0, 0.1) is 35.3 Å². The van der Waals surface area contributed by atoms with Gasteiger partial charge >= 0.3 is 11.9 Å². The SMILES string of the molecule is CCC1OC(=O)C(C)C(OC(=O)Cc2ccc(F)cc2)C(C)C(OC2OC(C)CC(N(C)C)C2O)C(C)(O)CC(C)C(=NN=C(C)c2ccc(F)cc2)C(C)C(O)C1(C)O. The fourth-order valence-corrected chi connectivity index (χ4v) is 8.65. The molecular formula is C45H65F2N3O10. The fourth-order valence-electron chi connectivity index (χ4n) is 8.65. The monoisotopic (exact) mass is 845 g/mol. The molecule has 14 unspecified atom stereocenters. The summed E-state index contributed by atoms with van der Waals surface area (Å²) in [6.45, 7) is 14.7. The van der Waals surface area contributed by atoms with Crippen LogP contribution >= 0.6 is 0 Å². The molecule has 13 nitrogen and oxygen atoms in total. The van der Waals surface area contributed by atoms with Crippen LogP contribution in [0.25, 0.3) is 0 Å². The van der Waals surface area contributed by atoms with Crippen LogP contribution in [-0.2, 0) is 35.0 Å². The minimum Gasteiger partial charge on any atom is -0.461 e. The van der Waals surface area contributed by atoms with Crippen molar-refractivity contribution in [1.29, 1.82) is 0 Å². The number of aliphatic hydroxyl groups excluding tert-OH is 2. The Morgan fingerprint density at radius 2 is 1.53 bits per heavy atom. The summed E-state index contributed by atoms with van der Waals surface area (Å²) in [5, 5.41) is 57.3. The molecule has 4 N–H and O–H groups in total. The molecule has 0 bridgehead atoms. The highest BCUT2D eigenvalue weighted by atomic mass is 19.1. The summed E-state index contributed by atoms with van der Waals surface area (Å²) in [7, 11) is 3.65. The minimum absolute atomic E-state index is 0.0895. The highest BCUT2D eigenvalue weighted by Gasteiger charge is 2.52. The van der Waals surface area contributed by atoms with E-state index < -0.39 is 95.3 Å². The third-order valence-electron chi connectivity index (χ3n) is 12.2. The van der Waals surface area contributed by atoms with Gasteiger partial charge in [0.15, 0.2) is 6.29 Å². The smallest absolute Gasteiger partial charge is 0.312 e. The normalized spacial score (nSPS) is 37.1. The molecule has 2 heterocycles. The van der Waals surface area contributed by atoms with Crippen LogP contribution in [-0.4, -0.2) is 123 Å². The number of carbonyl (C=O) groups is 2. The molecule has 2 aliphatic rings. The lowest BCUT2D eigenvalue weighted by Crippen LogP contribution is -2.60. The van der Waals surface area contributed by atoms with Gasteiger partial charge in [0.05, 0.1) is 42.0 Å². The first kappa shape index (κ1) is 49.0. The Balaban J connectivity index is 1.89. The number of nitrogens with zero attached hydrogens (tertiary/aromatic N) is 3.